The van der Waals surface area contributed by atoms with Gasteiger partial charge in [-0.25, -0.2) is 9.37 Å². The fourth-order valence-corrected chi connectivity index (χ4v) is 3.08. The van der Waals surface area contributed by atoms with Crippen LogP contribution in [0.4, 0.5) is 4.39 Å². The molecule has 0 bridgehead atoms. The van der Waals surface area contributed by atoms with Crippen LogP contribution in [0.1, 0.15) is 35.3 Å². The highest BCUT2D eigenvalue weighted by Gasteiger charge is 2.10. The smallest absolute Gasteiger partial charge is 0.124 e. The van der Waals surface area contributed by atoms with E-state index < -0.39 is 0 Å². The minimum Gasteiger partial charge on any atom is -0.304 e. The molecule has 2 aromatic rings. The fraction of sp³-hybridized carbons (Fsp3) is 0.357. The van der Waals surface area contributed by atoms with E-state index in [0.717, 1.165) is 21.5 Å². The Morgan fingerprint density at radius 3 is 2.89 bits per heavy atom. The molecule has 2 nitrogen and oxygen atoms in total. The fourth-order valence-electron chi connectivity index (χ4n) is 1.70. The zero-order valence-electron chi connectivity index (χ0n) is 10.9. The Kier molecular flexibility index (Phi) is 5.07. The molecule has 19 heavy (non-hydrogen) atoms. The number of aromatic nitrogens is 1. The first-order valence-electron chi connectivity index (χ1n) is 6.22. The maximum Gasteiger partial charge on any atom is 0.124 e. The molecule has 0 saturated carbocycles. The van der Waals surface area contributed by atoms with Crippen molar-refractivity contribution in [3.05, 3.63) is 50.1 Å². The van der Waals surface area contributed by atoms with Crippen molar-refractivity contribution in [2.45, 2.75) is 32.9 Å². The molecule has 0 aliphatic carbocycles. The Labute approximate surface area is 125 Å². The molecule has 1 heterocycles. The zero-order chi connectivity index (χ0) is 13.8. The van der Waals surface area contributed by atoms with Gasteiger partial charge in [0.05, 0.1) is 6.04 Å². The maximum atomic E-state index is 13.0. The standard InChI is InChI=1S/C14H16BrFN2S/c1-3-12-8-18-14(19-12)9(2)17-7-10-4-5-11(16)6-13(10)15/h4-6,8-9,17H,3,7H2,1-2H3. The summed E-state index contributed by atoms with van der Waals surface area (Å²) >= 11 is 5.11. The van der Waals surface area contributed by atoms with Gasteiger partial charge in [0, 0.05) is 22.1 Å². The molecular formula is C14H16BrFN2S. The molecule has 1 atom stereocenters. The zero-order valence-corrected chi connectivity index (χ0v) is 13.3. The van der Waals surface area contributed by atoms with Gasteiger partial charge in [0.15, 0.2) is 0 Å². The van der Waals surface area contributed by atoms with E-state index in [-0.39, 0.29) is 11.9 Å². The summed E-state index contributed by atoms with van der Waals surface area (Å²) < 4.78 is 13.8. The highest BCUT2D eigenvalue weighted by molar-refractivity contribution is 9.10. The average molecular weight is 343 g/mol. The number of nitrogens with one attached hydrogen (secondary N) is 1. The van der Waals surface area contributed by atoms with Crippen LogP contribution in [-0.4, -0.2) is 4.98 Å². The predicted octanol–water partition coefficient (Wildman–Crippen LogP) is 4.46. The van der Waals surface area contributed by atoms with E-state index >= 15 is 0 Å². The third-order valence-electron chi connectivity index (χ3n) is 2.90. The number of thiazole rings is 1. The Morgan fingerprint density at radius 2 is 2.26 bits per heavy atom. The van der Waals surface area contributed by atoms with Gasteiger partial charge in [-0.3, -0.25) is 0 Å². The first-order chi connectivity index (χ1) is 9.10. The average Bonchev–Trinajstić information content (AvgIpc) is 2.86. The summed E-state index contributed by atoms with van der Waals surface area (Å²) in [5, 5.41) is 4.50. The highest BCUT2D eigenvalue weighted by Crippen LogP contribution is 2.22. The van der Waals surface area contributed by atoms with Gasteiger partial charge in [-0.15, -0.1) is 11.3 Å². The van der Waals surface area contributed by atoms with Gasteiger partial charge in [-0.1, -0.05) is 28.9 Å². The van der Waals surface area contributed by atoms with Crippen molar-refractivity contribution in [1.82, 2.24) is 10.3 Å². The van der Waals surface area contributed by atoms with E-state index in [1.807, 2.05) is 6.20 Å². The van der Waals surface area contributed by atoms with Gasteiger partial charge in [-0.2, -0.15) is 0 Å². The second kappa shape index (κ2) is 6.59. The molecule has 0 radical (unpaired) electrons. The molecule has 0 amide bonds. The first-order valence-corrected chi connectivity index (χ1v) is 7.83. The number of benzene rings is 1. The minimum atomic E-state index is -0.226. The molecule has 1 aromatic heterocycles. The van der Waals surface area contributed by atoms with Gasteiger partial charge in [0.25, 0.3) is 0 Å². The van der Waals surface area contributed by atoms with Crippen molar-refractivity contribution in [2.75, 3.05) is 0 Å². The molecule has 0 fully saturated rings. The van der Waals surface area contributed by atoms with Crippen LogP contribution in [0.2, 0.25) is 0 Å². The lowest BCUT2D eigenvalue weighted by Crippen LogP contribution is -2.18. The highest BCUT2D eigenvalue weighted by atomic mass is 79.9. The summed E-state index contributed by atoms with van der Waals surface area (Å²) in [5.74, 6) is -0.226. The molecule has 0 spiro atoms. The van der Waals surface area contributed by atoms with Crippen LogP contribution < -0.4 is 5.32 Å². The summed E-state index contributed by atoms with van der Waals surface area (Å²) in [7, 11) is 0. The summed E-state index contributed by atoms with van der Waals surface area (Å²) in [4.78, 5) is 5.72. The van der Waals surface area contributed by atoms with Crippen LogP contribution in [0.25, 0.3) is 0 Å². The largest absolute Gasteiger partial charge is 0.304 e. The van der Waals surface area contributed by atoms with Crippen molar-refractivity contribution in [3.63, 3.8) is 0 Å². The summed E-state index contributed by atoms with van der Waals surface area (Å²) in [6, 6.07) is 4.95. The molecule has 0 aliphatic rings. The number of halogens is 2. The molecule has 1 unspecified atom stereocenters. The quantitative estimate of drug-likeness (QED) is 0.867. The molecule has 1 N–H and O–H groups in total. The molecular weight excluding hydrogens is 327 g/mol. The summed E-state index contributed by atoms with van der Waals surface area (Å²) in [6.45, 7) is 4.91. The summed E-state index contributed by atoms with van der Waals surface area (Å²) in [6.07, 6.45) is 2.96. The number of hydrogen-bond donors (Lipinski definition) is 1. The van der Waals surface area contributed by atoms with E-state index in [0.29, 0.717) is 6.54 Å². The van der Waals surface area contributed by atoms with Gasteiger partial charge in [-0.05, 0) is 31.0 Å². The number of rotatable bonds is 5. The van der Waals surface area contributed by atoms with Crippen molar-refractivity contribution in [3.8, 4) is 0 Å². The summed E-state index contributed by atoms with van der Waals surface area (Å²) in [5.41, 5.74) is 1.04. The third kappa shape index (κ3) is 3.84. The molecule has 5 heteroatoms. The van der Waals surface area contributed by atoms with Crippen LogP contribution in [-0.2, 0) is 13.0 Å². The number of hydrogen-bond acceptors (Lipinski definition) is 3. The molecule has 0 aliphatic heterocycles. The number of nitrogens with zero attached hydrogens (tertiary/aromatic N) is 1. The van der Waals surface area contributed by atoms with E-state index in [1.165, 1.54) is 17.0 Å². The lowest BCUT2D eigenvalue weighted by Gasteiger charge is -2.12. The monoisotopic (exact) mass is 342 g/mol. The number of aryl methyl sites for hydroxylation is 1. The predicted molar refractivity (Wildman–Crippen MR) is 80.8 cm³/mol. The maximum absolute atomic E-state index is 13.0. The normalized spacial score (nSPS) is 12.6. The minimum absolute atomic E-state index is 0.197. The Bertz CT molecular complexity index is 556. The van der Waals surface area contributed by atoms with Crippen LogP contribution in [0, 0.1) is 5.82 Å². The Hall–Kier alpha value is -0.780. The molecule has 102 valence electrons. The molecule has 1 aromatic carbocycles. The lowest BCUT2D eigenvalue weighted by molar-refractivity contribution is 0.569. The van der Waals surface area contributed by atoms with Crippen molar-refractivity contribution >= 4 is 27.3 Å². The van der Waals surface area contributed by atoms with E-state index in [4.69, 9.17) is 0 Å². The van der Waals surface area contributed by atoms with Crippen molar-refractivity contribution in [2.24, 2.45) is 0 Å². The second-order valence-electron chi connectivity index (χ2n) is 4.36. The van der Waals surface area contributed by atoms with Crippen LogP contribution in [0.3, 0.4) is 0 Å². The second-order valence-corrected chi connectivity index (χ2v) is 6.36. The Morgan fingerprint density at radius 1 is 1.47 bits per heavy atom. The van der Waals surface area contributed by atoms with Gasteiger partial charge in [0.1, 0.15) is 10.8 Å². The van der Waals surface area contributed by atoms with Gasteiger partial charge in [0.2, 0.25) is 0 Å². The Balaban J connectivity index is 1.98. The van der Waals surface area contributed by atoms with Gasteiger partial charge < -0.3 is 5.32 Å². The van der Waals surface area contributed by atoms with E-state index in [9.17, 15) is 4.39 Å². The SMILES string of the molecule is CCc1cnc(C(C)NCc2ccc(F)cc2Br)s1. The lowest BCUT2D eigenvalue weighted by atomic mass is 10.2. The van der Waals surface area contributed by atoms with Crippen molar-refractivity contribution < 1.29 is 4.39 Å². The van der Waals surface area contributed by atoms with Crippen LogP contribution in [0.15, 0.2) is 28.9 Å². The van der Waals surface area contributed by atoms with Crippen molar-refractivity contribution in [1.29, 1.82) is 0 Å². The third-order valence-corrected chi connectivity index (χ3v) is 4.97. The topological polar surface area (TPSA) is 24.9 Å². The first kappa shape index (κ1) is 14.6. The molecule has 2 rings (SSSR count). The molecule has 0 saturated heterocycles. The van der Waals surface area contributed by atoms with E-state index in [2.05, 4.69) is 40.1 Å². The van der Waals surface area contributed by atoms with Crippen LogP contribution >= 0.6 is 27.3 Å². The van der Waals surface area contributed by atoms with Crippen LogP contribution in [0.5, 0.6) is 0 Å². The van der Waals surface area contributed by atoms with Gasteiger partial charge >= 0.3 is 0 Å². The van der Waals surface area contributed by atoms with E-state index in [1.54, 1.807) is 17.4 Å².